The summed E-state index contributed by atoms with van der Waals surface area (Å²) in [5.41, 5.74) is 4.00. The highest BCUT2D eigenvalue weighted by Gasteiger charge is 2.21. The van der Waals surface area contributed by atoms with Crippen molar-refractivity contribution in [2.24, 2.45) is 4.99 Å². The Balaban J connectivity index is 0.00000243. The van der Waals surface area contributed by atoms with E-state index < -0.39 is 0 Å². The van der Waals surface area contributed by atoms with Gasteiger partial charge in [0.25, 0.3) is 0 Å². The van der Waals surface area contributed by atoms with Crippen LogP contribution in [-0.2, 0) is 19.4 Å². The first kappa shape index (κ1) is 20.7. The molecule has 6 nitrogen and oxygen atoms in total. The van der Waals surface area contributed by atoms with Crippen LogP contribution in [0.3, 0.4) is 0 Å². The van der Waals surface area contributed by atoms with Crippen molar-refractivity contribution in [1.82, 2.24) is 25.4 Å². The Morgan fingerprint density at radius 2 is 1.96 bits per heavy atom. The van der Waals surface area contributed by atoms with Gasteiger partial charge in [-0.2, -0.15) is 5.10 Å². The maximum atomic E-state index is 4.46. The van der Waals surface area contributed by atoms with E-state index in [9.17, 15) is 0 Å². The van der Waals surface area contributed by atoms with Gasteiger partial charge in [0.1, 0.15) is 11.6 Å². The van der Waals surface area contributed by atoms with Gasteiger partial charge in [0.15, 0.2) is 5.96 Å². The highest BCUT2D eigenvalue weighted by atomic mass is 127. The third-order valence-electron chi connectivity index (χ3n) is 4.52. The summed E-state index contributed by atoms with van der Waals surface area (Å²) in [6, 6.07) is 7.04. The monoisotopic (exact) mass is 468 g/mol. The van der Waals surface area contributed by atoms with E-state index in [1.807, 2.05) is 18.7 Å². The average molecular weight is 468 g/mol. The maximum absolute atomic E-state index is 4.46. The molecule has 2 heterocycles. The molecule has 7 heteroatoms. The van der Waals surface area contributed by atoms with Crippen molar-refractivity contribution in [3.05, 3.63) is 46.5 Å². The van der Waals surface area contributed by atoms with Crippen LogP contribution in [0, 0.1) is 20.8 Å². The third-order valence-corrected chi connectivity index (χ3v) is 4.52. The van der Waals surface area contributed by atoms with Gasteiger partial charge in [-0.1, -0.05) is 29.3 Å². The van der Waals surface area contributed by atoms with E-state index in [2.05, 4.69) is 57.8 Å². The van der Waals surface area contributed by atoms with Gasteiger partial charge in [-0.3, -0.25) is 4.99 Å². The molecule has 0 bridgehead atoms. The van der Waals surface area contributed by atoms with E-state index in [1.54, 1.807) is 0 Å². The molecule has 1 atom stereocenters. The van der Waals surface area contributed by atoms with Gasteiger partial charge >= 0.3 is 0 Å². The Morgan fingerprint density at radius 1 is 1.23 bits per heavy atom. The fraction of sp³-hybridized carbons (Fsp3) is 0.526. The minimum Gasteiger partial charge on any atom is -0.356 e. The second kappa shape index (κ2) is 9.34. The Morgan fingerprint density at radius 3 is 2.65 bits per heavy atom. The molecule has 0 radical (unpaired) electrons. The molecule has 26 heavy (non-hydrogen) atoms. The minimum atomic E-state index is 0. The van der Waals surface area contributed by atoms with Crippen molar-refractivity contribution < 1.29 is 0 Å². The molecular weight excluding hydrogens is 439 g/mol. The number of nitrogens with one attached hydrogen (secondary N) is 2. The molecule has 0 amide bonds. The molecule has 0 spiro atoms. The van der Waals surface area contributed by atoms with E-state index >= 15 is 0 Å². The quantitative estimate of drug-likeness (QED) is 0.411. The van der Waals surface area contributed by atoms with Gasteiger partial charge in [-0.25, -0.2) is 9.67 Å². The molecule has 0 saturated carbocycles. The van der Waals surface area contributed by atoms with E-state index in [0.717, 1.165) is 50.0 Å². The second-order valence-corrected chi connectivity index (χ2v) is 6.88. The van der Waals surface area contributed by atoms with Crippen LogP contribution >= 0.6 is 24.0 Å². The lowest BCUT2D eigenvalue weighted by atomic mass is 10.1. The summed E-state index contributed by atoms with van der Waals surface area (Å²) in [5, 5.41) is 11.4. The molecule has 1 unspecified atom stereocenters. The zero-order chi connectivity index (χ0) is 17.8. The molecule has 2 N–H and O–H groups in total. The van der Waals surface area contributed by atoms with E-state index in [1.165, 1.54) is 16.7 Å². The van der Waals surface area contributed by atoms with Crippen molar-refractivity contribution in [3.8, 4) is 0 Å². The molecule has 3 rings (SSSR count). The smallest absolute Gasteiger partial charge is 0.191 e. The molecule has 0 aliphatic carbocycles. The van der Waals surface area contributed by atoms with Gasteiger partial charge in [-0.15, -0.1) is 24.0 Å². The molecule has 1 aliphatic heterocycles. The van der Waals surface area contributed by atoms with E-state index in [4.69, 9.17) is 0 Å². The SMILES string of the molecule is CN=C(NCCc1cc(C)cc(C)c1)NC1CCc2nc(C)nn2C1.I. The summed E-state index contributed by atoms with van der Waals surface area (Å²) in [7, 11) is 1.82. The normalized spacial score (nSPS) is 16.6. The lowest BCUT2D eigenvalue weighted by Crippen LogP contribution is -2.47. The van der Waals surface area contributed by atoms with Crippen molar-refractivity contribution in [2.45, 2.75) is 52.6 Å². The van der Waals surface area contributed by atoms with Gasteiger partial charge < -0.3 is 10.6 Å². The topological polar surface area (TPSA) is 67.1 Å². The third kappa shape index (κ3) is 5.43. The number of aromatic nitrogens is 3. The molecular formula is C19H29IN6. The number of hydrogen-bond donors (Lipinski definition) is 2. The van der Waals surface area contributed by atoms with Gasteiger partial charge in [0.05, 0.1) is 6.54 Å². The Kier molecular flexibility index (Phi) is 7.43. The van der Waals surface area contributed by atoms with Crippen LogP contribution in [0.2, 0.25) is 0 Å². The largest absolute Gasteiger partial charge is 0.356 e. The van der Waals surface area contributed by atoms with Crippen LogP contribution in [0.25, 0.3) is 0 Å². The zero-order valence-electron chi connectivity index (χ0n) is 16.0. The number of aliphatic imine (C=N–C) groups is 1. The summed E-state index contributed by atoms with van der Waals surface area (Å²) in [6.45, 7) is 7.94. The van der Waals surface area contributed by atoms with E-state index in [0.29, 0.717) is 6.04 Å². The first-order valence-electron chi connectivity index (χ1n) is 8.98. The zero-order valence-corrected chi connectivity index (χ0v) is 18.4. The lowest BCUT2D eigenvalue weighted by Gasteiger charge is -2.25. The summed E-state index contributed by atoms with van der Waals surface area (Å²) in [6.07, 6.45) is 2.99. The van der Waals surface area contributed by atoms with Gasteiger partial charge in [0.2, 0.25) is 0 Å². The average Bonchev–Trinajstić information content (AvgIpc) is 2.92. The summed E-state index contributed by atoms with van der Waals surface area (Å²) in [4.78, 5) is 8.82. The molecule has 1 aromatic heterocycles. The molecule has 0 saturated heterocycles. The first-order chi connectivity index (χ1) is 12.0. The highest BCUT2D eigenvalue weighted by Crippen LogP contribution is 2.13. The van der Waals surface area contributed by atoms with Crippen LogP contribution < -0.4 is 10.6 Å². The molecule has 0 fully saturated rings. The van der Waals surface area contributed by atoms with Crippen LogP contribution in [0.4, 0.5) is 0 Å². The number of guanidine groups is 1. The number of fused-ring (bicyclic) bond motifs is 1. The Bertz CT molecular complexity index is 747. The number of hydrogen-bond acceptors (Lipinski definition) is 3. The molecule has 2 aromatic rings. The fourth-order valence-electron chi connectivity index (χ4n) is 3.48. The summed E-state index contributed by atoms with van der Waals surface area (Å²) < 4.78 is 2.01. The van der Waals surface area contributed by atoms with Crippen LogP contribution in [-0.4, -0.2) is 40.4 Å². The predicted octanol–water partition coefficient (Wildman–Crippen LogP) is 2.54. The van der Waals surface area contributed by atoms with Crippen LogP contribution in [0.5, 0.6) is 0 Å². The fourth-order valence-corrected chi connectivity index (χ4v) is 3.48. The predicted molar refractivity (Wildman–Crippen MR) is 116 cm³/mol. The van der Waals surface area contributed by atoms with Crippen molar-refractivity contribution in [2.75, 3.05) is 13.6 Å². The minimum absolute atomic E-state index is 0. The number of benzene rings is 1. The summed E-state index contributed by atoms with van der Waals surface area (Å²) >= 11 is 0. The van der Waals surface area contributed by atoms with Crippen molar-refractivity contribution in [3.63, 3.8) is 0 Å². The number of aryl methyl sites for hydroxylation is 4. The van der Waals surface area contributed by atoms with Crippen LogP contribution in [0.1, 0.15) is 34.8 Å². The number of halogens is 1. The standard InChI is InChI=1S/C19H28N6.HI/c1-13-9-14(2)11-16(10-13)7-8-21-19(20-4)23-17-5-6-18-22-15(3)24-25(18)12-17;/h9-11,17H,5-8,12H2,1-4H3,(H2,20,21,23);1H. The number of nitrogens with zero attached hydrogens (tertiary/aromatic N) is 4. The van der Waals surface area contributed by atoms with Crippen LogP contribution in [0.15, 0.2) is 23.2 Å². The van der Waals surface area contributed by atoms with Gasteiger partial charge in [0, 0.05) is 26.1 Å². The number of rotatable bonds is 4. The van der Waals surface area contributed by atoms with E-state index in [-0.39, 0.29) is 24.0 Å². The first-order valence-corrected chi connectivity index (χ1v) is 8.98. The maximum Gasteiger partial charge on any atom is 0.191 e. The van der Waals surface area contributed by atoms with Crippen molar-refractivity contribution >= 4 is 29.9 Å². The summed E-state index contributed by atoms with van der Waals surface area (Å²) in [5.74, 6) is 2.80. The lowest BCUT2D eigenvalue weighted by molar-refractivity contribution is 0.392. The molecule has 142 valence electrons. The van der Waals surface area contributed by atoms with Gasteiger partial charge in [-0.05, 0) is 39.2 Å². The highest BCUT2D eigenvalue weighted by molar-refractivity contribution is 14.0. The van der Waals surface area contributed by atoms with Crippen molar-refractivity contribution in [1.29, 1.82) is 0 Å². The Hall–Kier alpha value is -1.64. The molecule has 1 aliphatic rings. The molecule has 1 aromatic carbocycles. The second-order valence-electron chi connectivity index (χ2n) is 6.88. The Labute approximate surface area is 172 Å².